The van der Waals surface area contributed by atoms with Gasteiger partial charge in [-0.25, -0.2) is 0 Å². The lowest BCUT2D eigenvalue weighted by Crippen LogP contribution is -2.31. The highest BCUT2D eigenvalue weighted by Crippen LogP contribution is 2.22. The van der Waals surface area contributed by atoms with Crippen molar-refractivity contribution < 1.29 is 9.32 Å². The standard InChI is InChI=1S/C14H15ClN2O2/c1-9(2)16-14(18)8-12-7-13(19-17-12)10-3-5-11(15)6-4-10/h3-7,9H,8H2,1-2H3,(H,16,18). The Morgan fingerprint density at radius 2 is 2.05 bits per heavy atom. The molecule has 1 heterocycles. The number of amides is 1. The zero-order valence-electron chi connectivity index (χ0n) is 10.8. The molecule has 2 aromatic rings. The zero-order valence-corrected chi connectivity index (χ0v) is 11.6. The van der Waals surface area contributed by atoms with Gasteiger partial charge in [0.05, 0.1) is 12.1 Å². The van der Waals surface area contributed by atoms with E-state index in [0.717, 1.165) is 5.56 Å². The minimum Gasteiger partial charge on any atom is -0.356 e. The average molecular weight is 279 g/mol. The third-order valence-corrected chi connectivity index (χ3v) is 2.73. The fourth-order valence-electron chi connectivity index (χ4n) is 1.68. The first-order chi connectivity index (χ1) is 9.04. The predicted molar refractivity (Wildman–Crippen MR) is 73.9 cm³/mol. The highest BCUT2D eigenvalue weighted by molar-refractivity contribution is 6.30. The van der Waals surface area contributed by atoms with E-state index in [4.69, 9.17) is 16.1 Å². The van der Waals surface area contributed by atoms with Crippen LogP contribution in [0.15, 0.2) is 34.9 Å². The van der Waals surface area contributed by atoms with Crippen molar-refractivity contribution in [3.8, 4) is 11.3 Å². The first-order valence-electron chi connectivity index (χ1n) is 6.05. The second-order valence-electron chi connectivity index (χ2n) is 4.59. The third kappa shape index (κ3) is 3.83. The Labute approximate surface area is 116 Å². The quantitative estimate of drug-likeness (QED) is 0.935. The van der Waals surface area contributed by atoms with Gasteiger partial charge < -0.3 is 9.84 Å². The summed E-state index contributed by atoms with van der Waals surface area (Å²) in [5, 5.41) is 7.37. The lowest BCUT2D eigenvalue weighted by atomic mass is 10.1. The molecule has 0 unspecified atom stereocenters. The van der Waals surface area contributed by atoms with E-state index in [2.05, 4.69) is 10.5 Å². The summed E-state index contributed by atoms with van der Waals surface area (Å²) < 4.78 is 5.22. The molecule has 2 rings (SSSR count). The molecule has 0 spiro atoms. The van der Waals surface area contributed by atoms with E-state index in [0.29, 0.717) is 16.5 Å². The lowest BCUT2D eigenvalue weighted by Gasteiger charge is -2.05. The molecule has 0 fully saturated rings. The van der Waals surface area contributed by atoms with E-state index >= 15 is 0 Å². The molecule has 0 saturated heterocycles. The Balaban J connectivity index is 2.07. The Bertz CT molecular complexity index is 561. The number of benzene rings is 1. The summed E-state index contributed by atoms with van der Waals surface area (Å²) in [6.45, 7) is 3.83. The second-order valence-corrected chi connectivity index (χ2v) is 5.02. The fourth-order valence-corrected chi connectivity index (χ4v) is 1.81. The molecular weight excluding hydrogens is 264 g/mol. The van der Waals surface area contributed by atoms with Gasteiger partial charge in [-0.3, -0.25) is 4.79 Å². The Kier molecular flexibility index (Phi) is 4.22. The number of rotatable bonds is 4. The van der Waals surface area contributed by atoms with Crippen LogP contribution in [-0.4, -0.2) is 17.1 Å². The highest BCUT2D eigenvalue weighted by Gasteiger charge is 2.11. The molecule has 4 nitrogen and oxygen atoms in total. The van der Waals surface area contributed by atoms with Crippen LogP contribution in [0.4, 0.5) is 0 Å². The van der Waals surface area contributed by atoms with Gasteiger partial charge in [-0.15, -0.1) is 0 Å². The lowest BCUT2D eigenvalue weighted by molar-refractivity contribution is -0.121. The van der Waals surface area contributed by atoms with Gasteiger partial charge in [0.1, 0.15) is 0 Å². The maximum absolute atomic E-state index is 11.6. The summed E-state index contributed by atoms with van der Waals surface area (Å²) in [6.07, 6.45) is 0.218. The number of hydrogen-bond donors (Lipinski definition) is 1. The molecular formula is C14H15ClN2O2. The van der Waals surface area contributed by atoms with Crippen LogP contribution in [0.1, 0.15) is 19.5 Å². The van der Waals surface area contributed by atoms with Crippen LogP contribution in [0.25, 0.3) is 11.3 Å². The van der Waals surface area contributed by atoms with Crippen LogP contribution in [0, 0.1) is 0 Å². The summed E-state index contributed by atoms with van der Waals surface area (Å²) in [5.41, 5.74) is 1.50. The molecule has 1 aromatic heterocycles. The minimum atomic E-state index is -0.0639. The SMILES string of the molecule is CC(C)NC(=O)Cc1cc(-c2ccc(Cl)cc2)on1. The Hall–Kier alpha value is -1.81. The van der Waals surface area contributed by atoms with Gasteiger partial charge in [0.15, 0.2) is 5.76 Å². The maximum Gasteiger partial charge on any atom is 0.226 e. The Morgan fingerprint density at radius 1 is 1.37 bits per heavy atom. The van der Waals surface area contributed by atoms with Gasteiger partial charge >= 0.3 is 0 Å². The van der Waals surface area contributed by atoms with Crippen molar-refractivity contribution in [2.45, 2.75) is 26.3 Å². The molecule has 100 valence electrons. The molecule has 0 aliphatic heterocycles. The predicted octanol–water partition coefficient (Wildman–Crippen LogP) is 3.06. The molecule has 0 radical (unpaired) electrons. The van der Waals surface area contributed by atoms with Crippen LogP contribution < -0.4 is 5.32 Å². The molecule has 1 aromatic carbocycles. The Morgan fingerprint density at radius 3 is 2.68 bits per heavy atom. The highest BCUT2D eigenvalue weighted by atomic mass is 35.5. The van der Waals surface area contributed by atoms with Gasteiger partial charge in [0, 0.05) is 22.7 Å². The number of hydrogen-bond acceptors (Lipinski definition) is 3. The van der Waals surface area contributed by atoms with E-state index in [1.54, 1.807) is 18.2 Å². The monoisotopic (exact) mass is 278 g/mol. The van der Waals surface area contributed by atoms with Gasteiger partial charge in [-0.05, 0) is 38.1 Å². The summed E-state index contributed by atoms with van der Waals surface area (Å²) in [4.78, 5) is 11.6. The van der Waals surface area contributed by atoms with Gasteiger partial charge in [0.2, 0.25) is 5.91 Å². The van der Waals surface area contributed by atoms with Crippen molar-refractivity contribution in [3.05, 3.63) is 41.0 Å². The number of halogens is 1. The summed E-state index contributed by atoms with van der Waals surface area (Å²) in [5.74, 6) is 0.565. The maximum atomic E-state index is 11.6. The first kappa shape index (κ1) is 13.6. The van der Waals surface area contributed by atoms with Gasteiger partial charge in [-0.1, -0.05) is 16.8 Å². The van der Waals surface area contributed by atoms with E-state index in [1.165, 1.54) is 0 Å². The van der Waals surface area contributed by atoms with E-state index in [9.17, 15) is 4.79 Å². The summed E-state index contributed by atoms with van der Waals surface area (Å²) >= 11 is 5.82. The molecule has 0 bridgehead atoms. The molecule has 1 N–H and O–H groups in total. The number of carbonyl (C=O) groups is 1. The van der Waals surface area contributed by atoms with Crippen molar-refractivity contribution >= 4 is 17.5 Å². The molecule has 0 atom stereocenters. The van der Waals surface area contributed by atoms with E-state index in [1.807, 2.05) is 26.0 Å². The summed E-state index contributed by atoms with van der Waals surface area (Å²) in [7, 11) is 0. The van der Waals surface area contributed by atoms with Crippen LogP contribution >= 0.6 is 11.6 Å². The van der Waals surface area contributed by atoms with Crippen molar-refractivity contribution in [1.82, 2.24) is 10.5 Å². The van der Waals surface area contributed by atoms with Crippen LogP contribution in [0.2, 0.25) is 5.02 Å². The van der Waals surface area contributed by atoms with Gasteiger partial charge in [0.25, 0.3) is 0 Å². The molecule has 1 amide bonds. The topological polar surface area (TPSA) is 55.1 Å². The largest absolute Gasteiger partial charge is 0.356 e. The van der Waals surface area contributed by atoms with Crippen molar-refractivity contribution in [1.29, 1.82) is 0 Å². The number of carbonyl (C=O) groups excluding carboxylic acids is 1. The van der Waals surface area contributed by atoms with Crippen molar-refractivity contribution in [3.63, 3.8) is 0 Å². The zero-order chi connectivity index (χ0) is 13.8. The third-order valence-electron chi connectivity index (χ3n) is 2.48. The number of nitrogens with one attached hydrogen (secondary N) is 1. The van der Waals surface area contributed by atoms with Crippen molar-refractivity contribution in [2.24, 2.45) is 0 Å². The minimum absolute atomic E-state index is 0.0639. The van der Waals surface area contributed by atoms with E-state index in [-0.39, 0.29) is 18.4 Å². The number of nitrogens with zero attached hydrogens (tertiary/aromatic N) is 1. The smallest absolute Gasteiger partial charge is 0.226 e. The van der Waals surface area contributed by atoms with Crippen LogP contribution in [-0.2, 0) is 11.2 Å². The normalized spacial score (nSPS) is 10.7. The molecule has 19 heavy (non-hydrogen) atoms. The van der Waals surface area contributed by atoms with Gasteiger partial charge in [-0.2, -0.15) is 0 Å². The summed E-state index contributed by atoms with van der Waals surface area (Å²) in [6, 6.07) is 9.15. The molecule has 5 heteroatoms. The second kappa shape index (κ2) is 5.89. The molecule has 0 saturated carbocycles. The van der Waals surface area contributed by atoms with E-state index < -0.39 is 0 Å². The van der Waals surface area contributed by atoms with Crippen LogP contribution in [0.5, 0.6) is 0 Å². The molecule has 0 aliphatic carbocycles. The average Bonchev–Trinajstić information content (AvgIpc) is 2.77. The number of aromatic nitrogens is 1. The first-order valence-corrected chi connectivity index (χ1v) is 6.43. The van der Waals surface area contributed by atoms with Crippen LogP contribution in [0.3, 0.4) is 0 Å². The fraction of sp³-hybridized carbons (Fsp3) is 0.286. The molecule has 0 aliphatic rings. The van der Waals surface area contributed by atoms with Crippen molar-refractivity contribution in [2.75, 3.05) is 0 Å².